The van der Waals surface area contributed by atoms with Crippen molar-refractivity contribution < 1.29 is 4.79 Å². The van der Waals surface area contributed by atoms with Crippen molar-refractivity contribution in [2.45, 2.75) is 46.3 Å². The third-order valence-electron chi connectivity index (χ3n) is 4.74. The minimum Gasteiger partial charge on any atom is -0.306 e. The highest BCUT2D eigenvalue weighted by molar-refractivity contribution is 6.36. The number of rotatable bonds is 7. The van der Waals surface area contributed by atoms with E-state index in [1.54, 1.807) is 24.4 Å². The van der Waals surface area contributed by atoms with E-state index < -0.39 is 6.03 Å². The maximum atomic E-state index is 12.4. The van der Waals surface area contributed by atoms with E-state index in [0.717, 1.165) is 6.54 Å². The van der Waals surface area contributed by atoms with E-state index in [1.165, 1.54) is 6.33 Å². The van der Waals surface area contributed by atoms with Crippen molar-refractivity contribution in [3.8, 4) is 0 Å². The fraction of sp³-hybridized carbons (Fsp3) is 0.400. The lowest BCUT2D eigenvalue weighted by Gasteiger charge is -2.30. The summed E-state index contributed by atoms with van der Waals surface area (Å²) in [6.07, 6.45) is 3.07. The van der Waals surface area contributed by atoms with Crippen molar-refractivity contribution in [3.05, 3.63) is 40.8 Å². The molecule has 0 spiro atoms. The van der Waals surface area contributed by atoms with Crippen LogP contribution in [0.1, 0.15) is 27.7 Å². The van der Waals surface area contributed by atoms with Gasteiger partial charge in [-0.15, -0.1) is 12.4 Å². The van der Waals surface area contributed by atoms with E-state index in [1.807, 2.05) is 4.68 Å². The van der Waals surface area contributed by atoms with Crippen LogP contribution in [0.4, 0.5) is 16.3 Å². The zero-order valence-corrected chi connectivity index (χ0v) is 20.1. The van der Waals surface area contributed by atoms with Gasteiger partial charge in [0.05, 0.1) is 28.8 Å². The van der Waals surface area contributed by atoms with Crippen LogP contribution in [-0.4, -0.2) is 49.3 Å². The average Bonchev–Trinajstić information content (AvgIpc) is 3.08. The van der Waals surface area contributed by atoms with Crippen molar-refractivity contribution in [1.82, 2.24) is 24.6 Å². The van der Waals surface area contributed by atoms with Crippen LogP contribution in [0, 0.1) is 0 Å². The van der Waals surface area contributed by atoms with Crippen LogP contribution < -0.4 is 10.6 Å². The number of amides is 2. The normalized spacial score (nSPS) is 11.3. The number of hydrogen-bond acceptors (Lipinski definition) is 5. The Morgan fingerprint density at radius 3 is 2.48 bits per heavy atom. The first-order valence-corrected chi connectivity index (χ1v) is 10.5. The number of fused-ring (bicyclic) bond motifs is 1. The highest BCUT2D eigenvalue weighted by atomic mass is 35.5. The summed E-state index contributed by atoms with van der Waals surface area (Å²) < 4.78 is 1.83. The molecule has 2 heterocycles. The molecule has 2 amide bonds. The zero-order valence-electron chi connectivity index (χ0n) is 17.8. The van der Waals surface area contributed by atoms with Gasteiger partial charge >= 0.3 is 6.03 Å². The predicted octanol–water partition coefficient (Wildman–Crippen LogP) is 5.32. The number of aromatic nitrogens is 4. The van der Waals surface area contributed by atoms with Gasteiger partial charge in [-0.05, 0) is 45.9 Å². The van der Waals surface area contributed by atoms with Gasteiger partial charge in [-0.1, -0.05) is 23.2 Å². The van der Waals surface area contributed by atoms with Gasteiger partial charge in [-0.2, -0.15) is 5.10 Å². The summed E-state index contributed by atoms with van der Waals surface area (Å²) in [7, 11) is 0. The summed E-state index contributed by atoms with van der Waals surface area (Å²) in [6, 6.07) is 5.23. The molecule has 0 bridgehead atoms. The van der Waals surface area contributed by atoms with E-state index in [4.69, 9.17) is 23.2 Å². The van der Waals surface area contributed by atoms with Crippen LogP contribution in [0.15, 0.2) is 30.7 Å². The molecule has 0 atom stereocenters. The molecule has 0 unspecified atom stereocenters. The molecule has 3 rings (SSSR count). The van der Waals surface area contributed by atoms with Gasteiger partial charge in [-0.3, -0.25) is 10.2 Å². The molecule has 31 heavy (non-hydrogen) atoms. The number of benzene rings is 1. The highest BCUT2D eigenvalue weighted by Crippen LogP contribution is 2.26. The first-order chi connectivity index (χ1) is 14.3. The van der Waals surface area contributed by atoms with Gasteiger partial charge < -0.3 is 5.32 Å². The molecule has 0 saturated carbocycles. The first-order valence-electron chi connectivity index (χ1n) is 9.71. The Balaban J connectivity index is 0.00000341. The molecular weight excluding hydrogens is 461 g/mol. The molecule has 11 heteroatoms. The molecule has 0 radical (unpaired) electrons. The van der Waals surface area contributed by atoms with E-state index >= 15 is 0 Å². The maximum Gasteiger partial charge on any atom is 0.324 e. The number of carbonyl (C=O) groups excluding carboxylic acids is 1. The number of anilines is 2. The summed E-state index contributed by atoms with van der Waals surface area (Å²) in [4.78, 5) is 23.3. The molecule has 0 saturated heterocycles. The molecule has 0 aliphatic carbocycles. The second kappa shape index (κ2) is 10.9. The SMILES string of the molecule is CC(C)N(CCn1ncc2c(NC(=O)Nc3ccc(Cl)cc3Cl)ncnc21)C(C)C.Cl. The molecule has 8 nitrogen and oxygen atoms in total. The first kappa shape index (κ1) is 25.1. The molecule has 2 aromatic heterocycles. The minimum absolute atomic E-state index is 0. The van der Waals surface area contributed by atoms with Gasteiger partial charge in [-0.25, -0.2) is 19.4 Å². The van der Waals surface area contributed by atoms with Crippen molar-refractivity contribution in [1.29, 1.82) is 0 Å². The second-order valence-corrected chi connectivity index (χ2v) is 8.30. The van der Waals surface area contributed by atoms with Crippen LogP contribution in [0.25, 0.3) is 11.0 Å². The number of nitrogens with zero attached hydrogens (tertiary/aromatic N) is 5. The van der Waals surface area contributed by atoms with E-state index in [2.05, 4.69) is 58.3 Å². The van der Waals surface area contributed by atoms with E-state index in [9.17, 15) is 4.79 Å². The van der Waals surface area contributed by atoms with Gasteiger partial charge in [0.25, 0.3) is 0 Å². The van der Waals surface area contributed by atoms with Gasteiger partial charge in [0.1, 0.15) is 12.1 Å². The van der Waals surface area contributed by atoms with Gasteiger partial charge in [0.2, 0.25) is 0 Å². The quantitative estimate of drug-likeness (QED) is 0.472. The smallest absolute Gasteiger partial charge is 0.306 e. The lowest BCUT2D eigenvalue weighted by atomic mass is 10.2. The molecule has 0 fully saturated rings. The summed E-state index contributed by atoms with van der Waals surface area (Å²) in [5, 5.41) is 11.4. The number of carbonyl (C=O) groups is 1. The zero-order chi connectivity index (χ0) is 21.8. The Labute approximate surface area is 197 Å². The fourth-order valence-electron chi connectivity index (χ4n) is 3.33. The highest BCUT2D eigenvalue weighted by Gasteiger charge is 2.16. The van der Waals surface area contributed by atoms with E-state index in [0.29, 0.717) is 51.2 Å². The van der Waals surface area contributed by atoms with Crippen LogP contribution in [0.5, 0.6) is 0 Å². The largest absolute Gasteiger partial charge is 0.324 e. The molecule has 3 aromatic rings. The summed E-state index contributed by atoms with van der Waals surface area (Å²) in [5.74, 6) is 0.374. The van der Waals surface area contributed by atoms with Crippen molar-refractivity contribution >= 4 is 64.2 Å². The van der Waals surface area contributed by atoms with Gasteiger partial charge in [0, 0.05) is 23.7 Å². The lowest BCUT2D eigenvalue weighted by Crippen LogP contribution is -2.39. The standard InChI is InChI=1S/C20H25Cl2N7O.ClH/c1-12(2)28(13(3)4)7-8-29-19-15(10-25-29)18(23-11-24-19)27-20(30)26-17-6-5-14(21)9-16(17)22;/h5-6,9-13H,7-8H2,1-4H3,(H2,23,24,26,27,30);1H. The lowest BCUT2D eigenvalue weighted by molar-refractivity contribution is 0.167. The molecule has 2 N–H and O–H groups in total. The monoisotopic (exact) mass is 485 g/mol. The molecule has 0 aliphatic heterocycles. The Morgan fingerprint density at radius 1 is 1.13 bits per heavy atom. The Kier molecular flexibility index (Phi) is 8.88. The summed E-state index contributed by atoms with van der Waals surface area (Å²) in [6.45, 7) is 10.2. The average molecular weight is 487 g/mol. The summed E-state index contributed by atoms with van der Waals surface area (Å²) in [5.41, 5.74) is 1.11. The fourth-order valence-corrected chi connectivity index (χ4v) is 3.79. The van der Waals surface area contributed by atoms with Crippen LogP contribution in [-0.2, 0) is 6.54 Å². The Morgan fingerprint density at radius 2 is 1.84 bits per heavy atom. The Bertz CT molecular complexity index is 1030. The number of urea groups is 1. The molecular formula is C20H26Cl3N7O. The topological polar surface area (TPSA) is 88.0 Å². The third-order valence-corrected chi connectivity index (χ3v) is 5.29. The van der Waals surface area contributed by atoms with Gasteiger partial charge in [0.15, 0.2) is 5.65 Å². The third kappa shape index (κ3) is 6.20. The molecule has 168 valence electrons. The second-order valence-electron chi connectivity index (χ2n) is 7.46. The predicted molar refractivity (Wildman–Crippen MR) is 129 cm³/mol. The Hall–Kier alpha value is -2.13. The number of nitrogens with one attached hydrogen (secondary N) is 2. The minimum atomic E-state index is -0.474. The maximum absolute atomic E-state index is 12.4. The van der Waals surface area contributed by atoms with Crippen molar-refractivity contribution in [2.75, 3.05) is 17.2 Å². The van der Waals surface area contributed by atoms with Crippen molar-refractivity contribution in [3.63, 3.8) is 0 Å². The van der Waals surface area contributed by atoms with Crippen LogP contribution >= 0.6 is 35.6 Å². The van der Waals surface area contributed by atoms with E-state index in [-0.39, 0.29) is 12.4 Å². The molecule has 1 aromatic carbocycles. The van der Waals surface area contributed by atoms with Crippen molar-refractivity contribution in [2.24, 2.45) is 0 Å². The van der Waals surface area contributed by atoms with Crippen LogP contribution in [0.3, 0.4) is 0 Å². The summed E-state index contributed by atoms with van der Waals surface area (Å²) >= 11 is 12.0. The number of hydrogen-bond donors (Lipinski definition) is 2. The number of halogens is 3. The van der Waals surface area contributed by atoms with Crippen LogP contribution in [0.2, 0.25) is 10.0 Å². The molecule has 0 aliphatic rings.